The SMILES string of the molecule is CC(CN)c1ccnn1C1CCS(=O)(=O)CC1. The molecule has 1 saturated heterocycles. The zero-order valence-corrected chi connectivity index (χ0v) is 10.9. The van der Waals surface area contributed by atoms with Gasteiger partial charge in [0.25, 0.3) is 0 Å². The highest BCUT2D eigenvalue weighted by Crippen LogP contribution is 2.26. The summed E-state index contributed by atoms with van der Waals surface area (Å²) in [6.07, 6.45) is 3.09. The molecule has 0 radical (unpaired) electrons. The topological polar surface area (TPSA) is 78.0 Å². The van der Waals surface area contributed by atoms with Gasteiger partial charge >= 0.3 is 0 Å². The lowest BCUT2D eigenvalue weighted by atomic mass is 10.1. The van der Waals surface area contributed by atoms with Gasteiger partial charge in [-0.1, -0.05) is 6.92 Å². The van der Waals surface area contributed by atoms with Crippen LogP contribution >= 0.6 is 0 Å². The molecule has 2 heterocycles. The number of aromatic nitrogens is 2. The van der Waals surface area contributed by atoms with Gasteiger partial charge in [0, 0.05) is 24.4 Å². The van der Waals surface area contributed by atoms with Crippen LogP contribution < -0.4 is 5.73 Å². The van der Waals surface area contributed by atoms with Crippen LogP contribution in [0.15, 0.2) is 12.3 Å². The summed E-state index contributed by atoms with van der Waals surface area (Å²) in [5, 5.41) is 4.32. The van der Waals surface area contributed by atoms with Gasteiger partial charge < -0.3 is 5.73 Å². The highest BCUT2D eigenvalue weighted by atomic mass is 32.2. The van der Waals surface area contributed by atoms with Crippen molar-refractivity contribution in [1.29, 1.82) is 0 Å². The Labute approximate surface area is 102 Å². The minimum Gasteiger partial charge on any atom is -0.330 e. The van der Waals surface area contributed by atoms with Crippen molar-refractivity contribution in [1.82, 2.24) is 9.78 Å². The normalized spacial score (nSPS) is 22.5. The third-order valence-corrected chi connectivity index (χ3v) is 5.14. The van der Waals surface area contributed by atoms with Crippen molar-refractivity contribution in [3.8, 4) is 0 Å². The summed E-state index contributed by atoms with van der Waals surface area (Å²) >= 11 is 0. The van der Waals surface area contributed by atoms with Crippen LogP contribution in [-0.2, 0) is 9.84 Å². The predicted octanol–water partition coefficient (Wildman–Crippen LogP) is 0.695. The van der Waals surface area contributed by atoms with E-state index in [0.29, 0.717) is 19.4 Å². The van der Waals surface area contributed by atoms with E-state index in [0.717, 1.165) is 5.69 Å². The molecule has 0 aromatic carbocycles. The molecule has 1 aliphatic rings. The molecule has 2 N–H and O–H groups in total. The van der Waals surface area contributed by atoms with E-state index in [9.17, 15) is 8.42 Å². The van der Waals surface area contributed by atoms with Crippen molar-refractivity contribution in [2.24, 2.45) is 5.73 Å². The van der Waals surface area contributed by atoms with Crippen molar-refractivity contribution >= 4 is 9.84 Å². The molecule has 1 fully saturated rings. The van der Waals surface area contributed by atoms with E-state index in [-0.39, 0.29) is 23.5 Å². The highest BCUT2D eigenvalue weighted by molar-refractivity contribution is 7.91. The molecule has 1 unspecified atom stereocenters. The highest BCUT2D eigenvalue weighted by Gasteiger charge is 2.26. The first-order valence-electron chi connectivity index (χ1n) is 5.97. The van der Waals surface area contributed by atoms with E-state index >= 15 is 0 Å². The molecule has 1 aromatic heterocycles. The molecule has 1 aliphatic heterocycles. The Morgan fingerprint density at radius 1 is 1.53 bits per heavy atom. The predicted molar refractivity (Wildman–Crippen MR) is 66.6 cm³/mol. The Bertz CT molecular complexity index is 467. The molecule has 5 nitrogen and oxygen atoms in total. The van der Waals surface area contributed by atoms with Gasteiger partial charge in [0.1, 0.15) is 9.84 Å². The summed E-state index contributed by atoms with van der Waals surface area (Å²) in [5.41, 5.74) is 6.78. The minimum atomic E-state index is -2.81. The standard InChI is InChI=1S/C11H19N3O2S/c1-9(8-12)11-2-5-13-14(11)10-3-6-17(15,16)7-4-10/h2,5,9-10H,3-4,6-8,12H2,1H3. The van der Waals surface area contributed by atoms with Crippen molar-refractivity contribution in [2.75, 3.05) is 18.1 Å². The fraction of sp³-hybridized carbons (Fsp3) is 0.727. The van der Waals surface area contributed by atoms with Gasteiger partial charge in [0.05, 0.1) is 17.5 Å². The van der Waals surface area contributed by atoms with Gasteiger partial charge in [-0.05, 0) is 18.9 Å². The lowest BCUT2D eigenvalue weighted by Crippen LogP contribution is -2.28. The van der Waals surface area contributed by atoms with Gasteiger partial charge in [-0.3, -0.25) is 4.68 Å². The summed E-state index contributed by atoms with van der Waals surface area (Å²) < 4.78 is 24.7. The quantitative estimate of drug-likeness (QED) is 0.864. The summed E-state index contributed by atoms with van der Waals surface area (Å²) in [6, 6.07) is 2.18. The Morgan fingerprint density at radius 2 is 2.18 bits per heavy atom. The smallest absolute Gasteiger partial charge is 0.150 e. The summed E-state index contributed by atoms with van der Waals surface area (Å²) in [4.78, 5) is 0. The summed E-state index contributed by atoms with van der Waals surface area (Å²) in [7, 11) is -2.81. The van der Waals surface area contributed by atoms with Crippen LogP contribution in [0.1, 0.15) is 37.4 Å². The maximum Gasteiger partial charge on any atom is 0.150 e. The van der Waals surface area contributed by atoms with E-state index in [2.05, 4.69) is 12.0 Å². The van der Waals surface area contributed by atoms with Crippen LogP contribution in [0.25, 0.3) is 0 Å². The summed E-state index contributed by atoms with van der Waals surface area (Å²) in [6.45, 7) is 2.64. The molecule has 1 aromatic rings. The Kier molecular flexibility index (Phi) is 3.53. The third kappa shape index (κ3) is 2.69. The van der Waals surface area contributed by atoms with Crippen molar-refractivity contribution in [2.45, 2.75) is 31.7 Å². The van der Waals surface area contributed by atoms with Gasteiger partial charge in [-0.25, -0.2) is 8.42 Å². The Morgan fingerprint density at radius 3 is 2.76 bits per heavy atom. The molecule has 6 heteroatoms. The number of hydrogen-bond acceptors (Lipinski definition) is 4. The second-order valence-corrected chi connectivity index (χ2v) is 7.02. The van der Waals surface area contributed by atoms with Crippen molar-refractivity contribution in [3.63, 3.8) is 0 Å². The molecule has 0 aliphatic carbocycles. The van der Waals surface area contributed by atoms with E-state index in [1.807, 2.05) is 10.7 Å². The maximum absolute atomic E-state index is 11.4. The van der Waals surface area contributed by atoms with Gasteiger partial charge in [-0.15, -0.1) is 0 Å². The largest absolute Gasteiger partial charge is 0.330 e. The third-order valence-electron chi connectivity index (χ3n) is 3.43. The van der Waals surface area contributed by atoms with E-state index in [4.69, 9.17) is 5.73 Å². The molecule has 0 bridgehead atoms. The number of nitrogens with zero attached hydrogens (tertiary/aromatic N) is 2. The minimum absolute atomic E-state index is 0.206. The van der Waals surface area contributed by atoms with Crippen LogP contribution in [0.2, 0.25) is 0 Å². The molecule has 96 valence electrons. The molecule has 1 atom stereocenters. The van der Waals surface area contributed by atoms with Gasteiger partial charge in [-0.2, -0.15) is 5.10 Å². The van der Waals surface area contributed by atoms with Crippen LogP contribution in [0.3, 0.4) is 0 Å². The summed E-state index contributed by atoms with van der Waals surface area (Å²) in [5.74, 6) is 0.804. The van der Waals surface area contributed by atoms with E-state index in [1.54, 1.807) is 6.20 Å². The van der Waals surface area contributed by atoms with Crippen molar-refractivity contribution in [3.05, 3.63) is 18.0 Å². The van der Waals surface area contributed by atoms with Crippen LogP contribution in [0.5, 0.6) is 0 Å². The second-order valence-electron chi connectivity index (χ2n) is 4.72. The number of sulfone groups is 1. The first kappa shape index (κ1) is 12.6. The fourth-order valence-electron chi connectivity index (χ4n) is 2.26. The van der Waals surface area contributed by atoms with Gasteiger partial charge in [0.2, 0.25) is 0 Å². The van der Waals surface area contributed by atoms with Crippen LogP contribution in [-0.4, -0.2) is 36.2 Å². The zero-order valence-electron chi connectivity index (χ0n) is 10.0. The first-order valence-corrected chi connectivity index (χ1v) is 7.79. The molecule has 2 rings (SSSR count). The number of nitrogens with two attached hydrogens (primary N) is 1. The molecule has 17 heavy (non-hydrogen) atoms. The van der Waals surface area contributed by atoms with Crippen molar-refractivity contribution < 1.29 is 8.42 Å². The molecule has 0 amide bonds. The first-order chi connectivity index (χ1) is 8.03. The van der Waals surface area contributed by atoms with Gasteiger partial charge in [0.15, 0.2) is 0 Å². The molecular formula is C11H19N3O2S. The Hall–Kier alpha value is -0.880. The molecule has 0 spiro atoms. The average molecular weight is 257 g/mol. The lowest BCUT2D eigenvalue weighted by Gasteiger charge is -2.25. The van der Waals surface area contributed by atoms with Crippen LogP contribution in [0, 0.1) is 0 Å². The van der Waals surface area contributed by atoms with Crippen LogP contribution in [0.4, 0.5) is 0 Å². The fourth-order valence-corrected chi connectivity index (χ4v) is 3.73. The lowest BCUT2D eigenvalue weighted by molar-refractivity contribution is 0.394. The number of hydrogen-bond donors (Lipinski definition) is 1. The zero-order chi connectivity index (χ0) is 12.5. The van der Waals surface area contributed by atoms with E-state index in [1.165, 1.54) is 0 Å². The molecule has 0 saturated carbocycles. The van der Waals surface area contributed by atoms with E-state index < -0.39 is 9.84 Å². The number of rotatable bonds is 3. The Balaban J connectivity index is 2.16. The monoisotopic (exact) mass is 257 g/mol. The average Bonchev–Trinajstić information content (AvgIpc) is 2.77. The maximum atomic E-state index is 11.4. The molecular weight excluding hydrogens is 238 g/mol. The second kappa shape index (κ2) is 4.78.